The summed E-state index contributed by atoms with van der Waals surface area (Å²) in [4.78, 5) is 2.61. The molecule has 0 aromatic heterocycles. The quantitative estimate of drug-likeness (QED) is 0.906. The number of rotatable bonds is 3. The lowest BCUT2D eigenvalue weighted by Gasteiger charge is -2.41. The van der Waals surface area contributed by atoms with Crippen LogP contribution in [0.4, 0.5) is 0 Å². The normalized spacial score (nSPS) is 30.9. The molecule has 1 fully saturated rings. The van der Waals surface area contributed by atoms with Gasteiger partial charge in [0.05, 0.1) is 6.61 Å². The lowest BCUT2D eigenvalue weighted by molar-refractivity contribution is 0.0863. The van der Waals surface area contributed by atoms with Crippen LogP contribution >= 0.6 is 0 Å². The molecule has 104 valence electrons. The number of fused-ring (bicyclic) bond motifs is 1. The summed E-state index contributed by atoms with van der Waals surface area (Å²) in [5, 5.41) is 0. The molecule has 0 spiro atoms. The number of ether oxygens (including phenoxy) is 1. The van der Waals surface area contributed by atoms with E-state index in [4.69, 9.17) is 10.5 Å². The molecule has 0 aliphatic carbocycles. The van der Waals surface area contributed by atoms with Crippen LogP contribution in [0.2, 0.25) is 0 Å². The molecule has 3 nitrogen and oxygen atoms in total. The summed E-state index contributed by atoms with van der Waals surface area (Å²) in [6.07, 6.45) is 3.86. The highest BCUT2D eigenvalue weighted by molar-refractivity contribution is 5.39. The smallest absolute Gasteiger partial charge is 0.122 e. The van der Waals surface area contributed by atoms with Gasteiger partial charge in [0.15, 0.2) is 0 Å². The minimum atomic E-state index is 0.505. The molecule has 3 rings (SSSR count). The van der Waals surface area contributed by atoms with E-state index >= 15 is 0 Å². The van der Waals surface area contributed by atoms with Gasteiger partial charge < -0.3 is 10.5 Å². The Labute approximate surface area is 115 Å². The molecule has 2 aliphatic heterocycles. The van der Waals surface area contributed by atoms with Gasteiger partial charge in [-0.1, -0.05) is 24.6 Å². The summed E-state index contributed by atoms with van der Waals surface area (Å²) in [5.41, 5.74) is 7.32. The van der Waals surface area contributed by atoms with Gasteiger partial charge in [-0.25, -0.2) is 0 Å². The van der Waals surface area contributed by atoms with Crippen LogP contribution < -0.4 is 10.5 Å². The fraction of sp³-hybridized carbons (Fsp3) is 0.625. The maximum atomic E-state index is 5.95. The topological polar surface area (TPSA) is 38.5 Å². The van der Waals surface area contributed by atoms with Gasteiger partial charge in [0.2, 0.25) is 0 Å². The van der Waals surface area contributed by atoms with Crippen LogP contribution in [0.15, 0.2) is 24.3 Å². The Balaban J connectivity index is 1.74. The van der Waals surface area contributed by atoms with Crippen molar-refractivity contribution < 1.29 is 4.74 Å². The van der Waals surface area contributed by atoms with Gasteiger partial charge in [0, 0.05) is 36.7 Å². The van der Waals surface area contributed by atoms with Crippen LogP contribution in [0, 0.1) is 0 Å². The molecular weight excluding hydrogens is 236 g/mol. The molecule has 2 aliphatic rings. The molecule has 0 amide bonds. The van der Waals surface area contributed by atoms with Gasteiger partial charge in [0.1, 0.15) is 5.75 Å². The molecule has 2 N–H and O–H groups in total. The molecule has 3 unspecified atom stereocenters. The molecule has 3 atom stereocenters. The SMILES string of the molecule is CC1CCCC(CN)N1CC1COc2ccccc21. The van der Waals surface area contributed by atoms with E-state index < -0.39 is 0 Å². The van der Waals surface area contributed by atoms with Gasteiger partial charge in [-0.05, 0) is 25.8 Å². The second-order valence-corrected chi connectivity index (χ2v) is 5.91. The Hall–Kier alpha value is -1.06. The van der Waals surface area contributed by atoms with Crippen LogP contribution in [-0.4, -0.2) is 36.7 Å². The number of piperidine rings is 1. The summed E-state index contributed by atoms with van der Waals surface area (Å²) in [6.45, 7) is 5.02. The number of hydrogen-bond donors (Lipinski definition) is 1. The second kappa shape index (κ2) is 5.51. The molecule has 2 heterocycles. The predicted octanol–water partition coefficient (Wildman–Crippen LogP) is 2.36. The van der Waals surface area contributed by atoms with Gasteiger partial charge in [-0.3, -0.25) is 4.90 Å². The summed E-state index contributed by atoms with van der Waals surface area (Å²) < 4.78 is 5.80. The van der Waals surface area contributed by atoms with Crippen molar-refractivity contribution in [1.82, 2.24) is 4.90 Å². The first-order valence-corrected chi connectivity index (χ1v) is 7.47. The molecule has 1 saturated heterocycles. The first-order valence-electron chi connectivity index (χ1n) is 7.47. The van der Waals surface area contributed by atoms with Crippen LogP contribution in [0.25, 0.3) is 0 Å². The number of nitrogens with zero attached hydrogens (tertiary/aromatic N) is 1. The fourth-order valence-corrected chi connectivity index (χ4v) is 3.56. The summed E-state index contributed by atoms with van der Waals surface area (Å²) in [6, 6.07) is 9.65. The van der Waals surface area contributed by atoms with E-state index in [1.54, 1.807) is 0 Å². The lowest BCUT2D eigenvalue weighted by Crippen LogP contribution is -2.50. The standard InChI is InChI=1S/C16H24N2O/c1-12-5-4-6-14(9-17)18(12)10-13-11-19-16-8-3-2-7-15(13)16/h2-3,7-8,12-14H,4-6,9-11,17H2,1H3. The maximum absolute atomic E-state index is 5.95. The summed E-state index contributed by atoms with van der Waals surface area (Å²) >= 11 is 0. The van der Waals surface area contributed by atoms with E-state index in [1.807, 2.05) is 6.07 Å². The van der Waals surface area contributed by atoms with Crippen molar-refractivity contribution in [3.63, 3.8) is 0 Å². The Morgan fingerprint density at radius 3 is 3.00 bits per heavy atom. The van der Waals surface area contributed by atoms with Gasteiger partial charge in [-0.2, -0.15) is 0 Å². The van der Waals surface area contributed by atoms with Crippen LogP contribution in [0.5, 0.6) is 5.75 Å². The van der Waals surface area contributed by atoms with Crippen molar-refractivity contribution in [3.8, 4) is 5.75 Å². The van der Waals surface area contributed by atoms with E-state index in [2.05, 4.69) is 30.0 Å². The fourth-order valence-electron chi connectivity index (χ4n) is 3.56. The molecule has 19 heavy (non-hydrogen) atoms. The highest BCUT2D eigenvalue weighted by Gasteiger charge is 2.32. The third-order valence-corrected chi connectivity index (χ3v) is 4.70. The Morgan fingerprint density at radius 1 is 1.32 bits per heavy atom. The third-order valence-electron chi connectivity index (χ3n) is 4.70. The second-order valence-electron chi connectivity index (χ2n) is 5.91. The van der Waals surface area contributed by atoms with Crippen molar-refractivity contribution in [2.45, 2.75) is 44.2 Å². The van der Waals surface area contributed by atoms with Crippen molar-refractivity contribution >= 4 is 0 Å². The monoisotopic (exact) mass is 260 g/mol. The van der Waals surface area contributed by atoms with Crippen molar-refractivity contribution in [2.75, 3.05) is 19.7 Å². The highest BCUT2D eigenvalue weighted by Crippen LogP contribution is 2.35. The van der Waals surface area contributed by atoms with Crippen LogP contribution in [-0.2, 0) is 0 Å². The molecule has 3 heteroatoms. The third kappa shape index (κ3) is 2.49. The van der Waals surface area contributed by atoms with E-state index in [9.17, 15) is 0 Å². The van der Waals surface area contributed by atoms with Crippen molar-refractivity contribution in [2.24, 2.45) is 5.73 Å². The zero-order valence-corrected chi connectivity index (χ0v) is 11.7. The van der Waals surface area contributed by atoms with Crippen molar-refractivity contribution in [3.05, 3.63) is 29.8 Å². The van der Waals surface area contributed by atoms with E-state index in [1.165, 1.54) is 24.8 Å². The molecular formula is C16H24N2O. The Morgan fingerprint density at radius 2 is 2.16 bits per heavy atom. The number of nitrogens with two attached hydrogens (primary N) is 1. The van der Waals surface area contributed by atoms with Crippen LogP contribution in [0.1, 0.15) is 37.7 Å². The Bertz CT molecular complexity index is 435. The number of benzene rings is 1. The molecule has 0 bridgehead atoms. The van der Waals surface area contributed by atoms with Gasteiger partial charge >= 0.3 is 0 Å². The lowest BCUT2D eigenvalue weighted by atomic mass is 9.93. The summed E-state index contributed by atoms with van der Waals surface area (Å²) in [7, 11) is 0. The number of likely N-dealkylation sites (tertiary alicyclic amines) is 1. The molecule has 1 aromatic carbocycles. The number of hydrogen-bond acceptors (Lipinski definition) is 3. The summed E-state index contributed by atoms with van der Waals surface area (Å²) in [5.74, 6) is 1.58. The largest absolute Gasteiger partial charge is 0.493 e. The van der Waals surface area contributed by atoms with Gasteiger partial charge in [-0.15, -0.1) is 0 Å². The average molecular weight is 260 g/mol. The van der Waals surface area contributed by atoms with E-state index in [0.717, 1.165) is 25.4 Å². The first kappa shape index (κ1) is 12.9. The minimum absolute atomic E-state index is 0.505. The van der Waals surface area contributed by atoms with Crippen LogP contribution in [0.3, 0.4) is 0 Å². The highest BCUT2D eigenvalue weighted by atomic mass is 16.5. The van der Waals surface area contributed by atoms with E-state index in [-0.39, 0.29) is 0 Å². The molecule has 0 saturated carbocycles. The number of para-hydroxylation sites is 1. The molecule has 0 radical (unpaired) electrons. The molecule has 1 aromatic rings. The first-order chi connectivity index (χ1) is 9.29. The van der Waals surface area contributed by atoms with E-state index in [0.29, 0.717) is 18.0 Å². The maximum Gasteiger partial charge on any atom is 0.122 e. The Kier molecular flexibility index (Phi) is 3.76. The predicted molar refractivity (Wildman–Crippen MR) is 77.5 cm³/mol. The minimum Gasteiger partial charge on any atom is -0.493 e. The average Bonchev–Trinajstić information content (AvgIpc) is 2.84. The zero-order valence-electron chi connectivity index (χ0n) is 11.7. The van der Waals surface area contributed by atoms with Gasteiger partial charge in [0.25, 0.3) is 0 Å². The van der Waals surface area contributed by atoms with Crippen molar-refractivity contribution in [1.29, 1.82) is 0 Å². The zero-order chi connectivity index (χ0) is 13.2.